The van der Waals surface area contributed by atoms with Crippen molar-refractivity contribution in [3.63, 3.8) is 0 Å². The minimum absolute atomic E-state index is 0.125. The summed E-state index contributed by atoms with van der Waals surface area (Å²) < 4.78 is 0. The van der Waals surface area contributed by atoms with Gasteiger partial charge in [-0.2, -0.15) is 0 Å². The SMILES string of the molecule is CC(C)C(C)SSC1=NC=CC(C)(C(C)C)C=C1. The van der Waals surface area contributed by atoms with Crippen molar-refractivity contribution in [2.75, 3.05) is 0 Å². The molecule has 2 atom stereocenters. The van der Waals surface area contributed by atoms with E-state index in [1.54, 1.807) is 10.8 Å². The molecule has 18 heavy (non-hydrogen) atoms. The summed E-state index contributed by atoms with van der Waals surface area (Å²) in [5, 5.41) is 1.75. The van der Waals surface area contributed by atoms with E-state index in [2.05, 4.69) is 64.8 Å². The number of allylic oxidation sites excluding steroid dienone is 2. The van der Waals surface area contributed by atoms with Crippen molar-refractivity contribution in [3.05, 3.63) is 24.4 Å². The van der Waals surface area contributed by atoms with E-state index < -0.39 is 0 Å². The standard InChI is InChI=1S/C15H25NS2/c1-11(2)13(5)17-18-14-7-8-15(6,12(3)4)9-10-16-14/h7-13H,1-6H3. The van der Waals surface area contributed by atoms with E-state index in [9.17, 15) is 0 Å². The fourth-order valence-electron chi connectivity index (χ4n) is 1.29. The van der Waals surface area contributed by atoms with Crippen molar-refractivity contribution in [2.45, 2.75) is 46.8 Å². The summed E-state index contributed by atoms with van der Waals surface area (Å²) in [6, 6.07) is 0. The molecule has 0 aromatic carbocycles. The van der Waals surface area contributed by atoms with Gasteiger partial charge in [-0.05, 0) is 28.7 Å². The molecule has 0 fully saturated rings. The molecule has 1 rings (SSSR count). The first-order chi connectivity index (χ1) is 8.35. The Bertz CT molecular complexity index is 356. The van der Waals surface area contributed by atoms with E-state index in [1.807, 2.05) is 17.0 Å². The molecular weight excluding hydrogens is 258 g/mol. The first-order valence-corrected chi connectivity index (χ1v) is 8.84. The lowest BCUT2D eigenvalue weighted by molar-refractivity contribution is 0.383. The highest BCUT2D eigenvalue weighted by Gasteiger charge is 2.23. The van der Waals surface area contributed by atoms with Gasteiger partial charge in [-0.1, -0.05) is 64.5 Å². The van der Waals surface area contributed by atoms with E-state index >= 15 is 0 Å². The zero-order valence-electron chi connectivity index (χ0n) is 12.3. The summed E-state index contributed by atoms with van der Waals surface area (Å²) in [5.74, 6) is 1.29. The van der Waals surface area contributed by atoms with Gasteiger partial charge in [0.2, 0.25) is 0 Å². The Morgan fingerprint density at radius 3 is 2.33 bits per heavy atom. The van der Waals surface area contributed by atoms with Gasteiger partial charge in [0.05, 0.1) is 0 Å². The van der Waals surface area contributed by atoms with E-state index in [-0.39, 0.29) is 5.41 Å². The molecule has 102 valence electrons. The fraction of sp³-hybridized carbons (Fsp3) is 0.667. The largest absolute Gasteiger partial charge is 0.249 e. The number of nitrogens with zero attached hydrogens (tertiary/aromatic N) is 1. The second kappa shape index (κ2) is 6.85. The lowest BCUT2D eigenvalue weighted by Crippen LogP contribution is -2.17. The summed E-state index contributed by atoms with van der Waals surface area (Å²) in [6.07, 6.45) is 8.62. The van der Waals surface area contributed by atoms with Crippen LogP contribution in [0.3, 0.4) is 0 Å². The van der Waals surface area contributed by atoms with E-state index in [4.69, 9.17) is 0 Å². The maximum Gasteiger partial charge on any atom is 0.106 e. The van der Waals surface area contributed by atoms with Gasteiger partial charge in [0.25, 0.3) is 0 Å². The average molecular weight is 284 g/mol. The highest BCUT2D eigenvalue weighted by atomic mass is 33.1. The smallest absolute Gasteiger partial charge is 0.106 e. The summed E-state index contributed by atoms with van der Waals surface area (Å²) >= 11 is 0. The third kappa shape index (κ3) is 4.51. The van der Waals surface area contributed by atoms with Crippen molar-refractivity contribution < 1.29 is 0 Å². The van der Waals surface area contributed by atoms with Crippen LogP contribution in [0.2, 0.25) is 0 Å². The van der Waals surface area contributed by atoms with Gasteiger partial charge in [-0.25, -0.2) is 4.99 Å². The number of rotatable bonds is 4. The van der Waals surface area contributed by atoms with Gasteiger partial charge in [-0.3, -0.25) is 0 Å². The quantitative estimate of drug-likeness (QED) is 0.626. The molecule has 0 bridgehead atoms. The van der Waals surface area contributed by atoms with Crippen molar-refractivity contribution in [2.24, 2.45) is 22.2 Å². The van der Waals surface area contributed by atoms with Crippen LogP contribution in [0, 0.1) is 17.3 Å². The van der Waals surface area contributed by atoms with Crippen LogP contribution in [0.25, 0.3) is 0 Å². The molecule has 0 saturated heterocycles. The van der Waals surface area contributed by atoms with Crippen LogP contribution in [0.15, 0.2) is 29.4 Å². The summed E-state index contributed by atoms with van der Waals surface area (Å²) in [4.78, 5) is 4.52. The lowest BCUT2D eigenvalue weighted by atomic mass is 9.79. The van der Waals surface area contributed by atoms with E-state index in [0.29, 0.717) is 17.1 Å². The molecule has 1 aliphatic rings. The first-order valence-electron chi connectivity index (χ1n) is 6.63. The minimum Gasteiger partial charge on any atom is -0.249 e. The van der Waals surface area contributed by atoms with Gasteiger partial charge >= 0.3 is 0 Å². The normalized spacial score (nSPS) is 25.4. The maximum absolute atomic E-state index is 4.52. The predicted octanol–water partition coefficient (Wildman–Crippen LogP) is 5.56. The molecule has 0 aliphatic carbocycles. The molecule has 1 nitrogen and oxygen atoms in total. The molecule has 2 unspecified atom stereocenters. The van der Waals surface area contributed by atoms with Crippen LogP contribution in [-0.4, -0.2) is 10.3 Å². The van der Waals surface area contributed by atoms with E-state index in [1.165, 1.54) is 0 Å². The Labute approximate surface area is 120 Å². The zero-order chi connectivity index (χ0) is 13.8. The molecule has 1 heterocycles. The van der Waals surface area contributed by atoms with Crippen molar-refractivity contribution in [1.82, 2.24) is 0 Å². The van der Waals surface area contributed by atoms with Crippen LogP contribution < -0.4 is 0 Å². The van der Waals surface area contributed by atoms with Crippen molar-refractivity contribution >= 4 is 26.6 Å². The topological polar surface area (TPSA) is 12.4 Å². The average Bonchev–Trinajstić information content (AvgIpc) is 2.49. The Morgan fingerprint density at radius 2 is 1.78 bits per heavy atom. The molecule has 0 N–H and O–H groups in total. The lowest BCUT2D eigenvalue weighted by Gasteiger charge is -2.25. The molecule has 0 amide bonds. The van der Waals surface area contributed by atoms with Crippen LogP contribution >= 0.6 is 21.6 Å². The number of aliphatic imine (C=N–C) groups is 1. The molecule has 3 heteroatoms. The number of hydrogen-bond acceptors (Lipinski definition) is 3. The highest BCUT2D eigenvalue weighted by molar-refractivity contribution is 8.82. The molecule has 0 aromatic rings. The van der Waals surface area contributed by atoms with Gasteiger partial charge < -0.3 is 0 Å². The molecule has 0 saturated carbocycles. The molecular formula is C15H25NS2. The van der Waals surface area contributed by atoms with Crippen LogP contribution in [0.5, 0.6) is 0 Å². The third-order valence-corrected chi connectivity index (χ3v) is 6.76. The van der Waals surface area contributed by atoms with Gasteiger partial charge in [0, 0.05) is 16.9 Å². The minimum atomic E-state index is 0.125. The van der Waals surface area contributed by atoms with Gasteiger partial charge in [-0.15, -0.1) is 0 Å². The molecule has 1 aliphatic heterocycles. The summed E-state index contributed by atoms with van der Waals surface area (Å²) in [5.41, 5.74) is 0.125. The summed E-state index contributed by atoms with van der Waals surface area (Å²) in [7, 11) is 3.70. The third-order valence-electron chi connectivity index (χ3n) is 3.69. The molecule has 0 aromatic heterocycles. The van der Waals surface area contributed by atoms with Gasteiger partial charge in [0.15, 0.2) is 0 Å². The maximum atomic E-state index is 4.52. The monoisotopic (exact) mass is 283 g/mol. The zero-order valence-corrected chi connectivity index (χ0v) is 13.9. The van der Waals surface area contributed by atoms with Crippen molar-refractivity contribution in [3.8, 4) is 0 Å². The van der Waals surface area contributed by atoms with Crippen LogP contribution in [0.4, 0.5) is 0 Å². The highest BCUT2D eigenvalue weighted by Crippen LogP contribution is 2.36. The van der Waals surface area contributed by atoms with E-state index in [0.717, 1.165) is 5.04 Å². The predicted molar refractivity (Wildman–Crippen MR) is 88.1 cm³/mol. The second-order valence-corrected chi connectivity index (χ2v) is 8.36. The fourth-order valence-corrected chi connectivity index (χ4v) is 3.70. The number of hydrogen-bond donors (Lipinski definition) is 0. The Kier molecular flexibility index (Phi) is 6.06. The Balaban J connectivity index is 2.61. The molecule has 0 spiro atoms. The van der Waals surface area contributed by atoms with Crippen LogP contribution in [-0.2, 0) is 0 Å². The van der Waals surface area contributed by atoms with Crippen molar-refractivity contribution in [1.29, 1.82) is 0 Å². The summed E-state index contributed by atoms with van der Waals surface area (Å²) in [6.45, 7) is 13.6. The van der Waals surface area contributed by atoms with Crippen LogP contribution in [0.1, 0.15) is 41.5 Å². The van der Waals surface area contributed by atoms with Gasteiger partial charge in [0.1, 0.15) is 5.04 Å². The molecule has 0 radical (unpaired) electrons. The first kappa shape index (κ1) is 15.9. The Morgan fingerprint density at radius 1 is 1.11 bits per heavy atom. The second-order valence-electron chi connectivity index (χ2n) is 5.77. The Hall–Kier alpha value is -0.150.